The molecule has 1 amide bonds. The standard InChI is InChI=1S/C15H24N2O5/c1-15(2,3)22-14(20)17-8-11(18)13(19)10-7-9(16)5-6-12(10)21-4/h5-7,11,13,18-19H,8,16H2,1-4H3,(H,17,20). The summed E-state index contributed by atoms with van der Waals surface area (Å²) in [5, 5.41) is 22.6. The van der Waals surface area contributed by atoms with E-state index in [0.29, 0.717) is 17.0 Å². The molecule has 0 saturated heterocycles. The summed E-state index contributed by atoms with van der Waals surface area (Å²) in [4.78, 5) is 11.5. The van der Waals surface area contributed by atoms with E-state index in [1.165, 1.54) is 13.2 Å². The topological polar surface area (TPSA) is 114 Å². The van der Waals surface area contributed by atoms with Crippen molar-refractivity contribution in [2.75, 3.05) is 19.4 Å². The van der Waals surface area contributed by atoms with Crippen molar-refractivity contribution < 1.29 is 24.5 Å². The SMILES string of the molecule is COc1ccc(N)cc1C(O)C(O)CNC(=O)OC(C)(C)C. The Balaban J connectivity index is 2.68. The van der Waals surface area contributed by atoms with Crippen LogP contribution in [0, 0.1) is 0 Å². The third kappa shape index (κ3) is 5.42. The first kappa shape index (κ1) is 18.1. The summed E-state index contributed by atoms with van der Waals surface area (Å²) in [6.45, 7) is 5.02. The fourth-order valence-corrected chi connectivity index (χ4v) is 1.80. The smallest absolute Gasteiger partial charge is 0.407 e. The monoisotopic (exact) mass is 312 g/mol. The van der Waals surface area contributed by atoms with Gasteiger partial charge < -0.3 is 30.7 Å². The molecular formula is C15H24N2O5. The molecule has 0 fully saturated rings. The van der Waals surface area contributed by atoms with E-state index in [1.807, 2.05) is 0 Å². The second-order valence-electron chi connectivity index (χ2n) is 5.90. The molecule has 2 unspecified atom stereocenters. The number of amides is 1. The summed E-state index contributed by atoms with van der Waals surface area (Å²) < 4.78 is 10.2. The van der Waals surface area contributed by atoms with Gasteiger partial charge in [0, 0.05) is 17.8 Å². The van der Waals surface area contributed by atoms with Gasteiger partial charge in [0.1, 0.15) is 23.6 Å². The minimum atomic E-state index is -1.26. The quantitative estimate of drug-likeness (QED) is 0.607. The molecule has 0 heterocycles. The average Bonchev–Trinajstić information content (AvgIpc) is 2.42. The molecule has 0 aliphatic rings. The van der Waals surface area contributed by atoms with Crippen molar-refractivity contribution in [1.29, 1.82) is 0 Å². The lowest BCUT2D eigenvalue weighted by atomic mass is 10.0. The van der Waals surface area contributed by atoms with Crippen LogP contribution in [0.4, 0.5) is 10.5 Å². The van der Waals surface area contributed by atoms with Crippen LogP contribution in [-0.4, -0.2) is 41.7 Å². The molecule has 7 nitrogen and oxygen atoms in total. The van der Waals surface area contributed by atoms with E-state index in [-0.39, 0.29) is 6.54 Å². The first-order chi connectivity index (χ1) is 10.1. The average molecular weight is 312 g/mol. The number of benzene rings is 1. The number of aliphatic hydroxyl groups is 2. The fourth-order valence-electron chi connectivity index (χ4n) is 1.80. The normalized spacial score (nSPS) is 14.1. The lowest BCUT2D eigenvalue weighted by Crippen LogP contribution is -2.38. The fraction of sp³-hybridized carbons (Fsp3) is 0.533. The molecule has 0 aliphatic carbocycles. The van der Waals surface area contributed by atoms with E-state index in [9.17, 15) is 15.0 Å². The number of nitrogens with two attached hydrogens (primary N) is 1. The molecule has 0 saturated carbocycles. The molecule has 0 bridgehead atoms. The number of alkyl carbamates (subject to hydrolysis) is 1. The molecule has 124 valence electrons. The number of carbonyl (C=O) groups excluding carboxylic acids is 1. The highest BCUT2D eigenvalue weighted by Gasteiger charge is 2.24. The maximum Gasteiger partial charge on any atom is 0.407 e. The van der Waals surface area contributed by atoms with E-state index in [1.54, 1.807) is 32.9 Å². The van der Waals surface area contributed by atoms with Crippen LogP contribution in [0.3, 0.4) is 0 Å². The minimum absolute atomic E-state index is 0.173. The summed E-state index contributed by atoms with van der Waals surface area (Å²) in [5.74, 6) is 0.401. The molecule has 7 heteroatoms. The van der Waals surface area contributed by atoms with Crippen LogP contribution >= 0.6 is 0 Å². The molecule has 22 heavy (non-hydrogen) atoms. The van der Waals surface area contributed by atoms with E-state index in [0.717, 1.165) is 0 Å². The molecular weight excluding hydrogens is 288 g/mol. The molecule has 5 N–H and O–H groups in total. The minimum Gasteiger partial charge on any atom is -0.496 e. The van der Waals surface area contributed by atoms with Gasteiger partial charge in [-0.15, -0.1) is 0 Å². The highest BCUT2D eigenvalue weighted by Crippen LogP contribution is 2.29. The molecule has 0 spiro atoms. The van der Waals surface area contributed by atoms with Gasteiger partial charge in [0.15, 0.2) is 0 Å². The molecule has 1 aromatic rings. The Morgan fingerprint density at radius 1 is 1.36 bits per heavy atom. The number of nitrogen functional groups attached to an aromatic ring is 1. The van der Waals surface area contributed by atoms with E-state index in [4.69, 9.17) is 15.2 Å². The zero-order chi connectivity index (χ0) is 16.9. The van der Waals surface area contributed by atoms with Crippen molar-refractivity contribution in [1.82, 2.24) is 5.32 Å². The van der Waals surface area contributed by atoms with Crippen LogP contribution in [0.1, 0.15) is 32.4 Å². The zero-order valence-electron chi connectivity index (χ0n) is 13.3. The Labute approximate surface area is 130 Å². The third-order valence-electron chi connectivity index (χ3n) is 2.79. The highest BCUT2D eigenvalue weighted by molar-refractivity contribution is 5.67. The van der Waals surface area contributed by atoms with Crippen LogP contribution in [0.5, 0.6) is 5.75 Å². The lowest BCUT2D eigenvalue weighted by Gasteiger charge is -2.23. The number of ether oxygens (including phenoxy) is 2. The van der Waals surface area contributed by atoms with Gasteiger partial charge in [-0.3, -0.25) is 0 Å². The van der Waals surface area contributed by atoms with Crippen molar-refractivity contribution in [3.8, 4) is 5.75 Å². The van der Waals surface area contributed by atoms with Gasteiger partial charge in [-0.1, -0.05) is 0 Å². The highest BCUT2D eigenvalue weighted by atomic mass is 16.6. The molecule has 0 radical (unpaired) electrons. The summed E-state index contributed by atoms with van der Waals surface area (Å²) in [7, 11) is 1.45. The second-order valence-corrected chi connectivity index (χ2v) is 5.90. The predicted molar refractivity (Wildman–Crippen MR) is 82.6 cm³/mol. The van der Waals surface area contributed by atoms with Crippen molar-refractivity contribution in [2.24, 2.45) is 0 Å². The van der Waals surface area contributed by atoms with E-state index >= 15 is 0 Å². The Morgan fingerprint density at radius 3 is 2.55 bits per heavy atom. The number of hydrogen-bond donors (Lipinski definition) is 4. The number of methoxy groups -OCH3 is 1. The van der Waals surface area contributed by atoms with Gasteiger partial charge in [0.25, 0.3) is 0 Å². The molecule has 2 atom stereocenters. The number of hydrogen-bond acceptors (Lipinski definition) is 6. The molecule has 1 rings (SSSR count). The predicted octanol–water partition coefficient (Wildman–Crippen LogP) is 1.20. The summed E-state index contributed by atoms with van der Waals surface area (Å²) in [6.07, 6.45) is -3.16. The second kappa shape index (κ2) is 7.33. The van der Waals surface area contributed by atoms with Gasteiger partial charge in [0.05, 0.1) is 7.11 Å². The first-order valence-corrected chi connectivity index (χ1v) is 6.90. The van der Waals surface area contributed by atoms with Crippen molar-refractivity contribution in [3.63, 3.8) is 0 Å². The third-order valence-corrected chi connectivity index (χ3v) is 2.79. The number of rotatable bonds is 5. The van der Waals surface area contributed by atoms with Gasteiger partial charge in [-0.25, -0.2) is 4.79 Å². The maximum atomic E-state index is 11.5. The Bertz CT molecular complexity index is 513. The van der Waals surface area contributed by atoms with Gasteiger partial charge in [0.2, 0.25) is 0 Å². The number of anilines is 1. The molecule has 0 aliphatic heterocycles. The van der Waals surface area contributed by atoms with E-state index in [2.05, 4.69) is 5.32 Å². The summed E-state index contributed by atoms with van der Waals surface area (Å²) in [6, 6.07) is 4.74. The van der Waals surface area contributed by atoms with Gasteiger partial charge in [-0.2, -0.15) is 0 Å². The zero-order valence-corrected chi connectivity index (χ0v) is 13.3. The van der Waals surface area contributed by atoms with Crippen LogP contribution in [0.15, 0.2) is 18.2 Å². The number of carbonyl (C=O) groups is 1. The summed E-state index contributed by atoms with van der Waals surface area (Å²) in [5.41, 5.74) is 5.82. The van der Waals surface area contributed by atoms with Crippen molar-refractivity contribution in [2.45, 2.75) is 38.6 Å². The van der Waals surface area contributed by atoms with Crippen molar-refractivity contribution in [3.05, 3.63) is 23.8 Å². The van der Waals surface area contributed by atoms with Crippen LogP contribution < -0.4 is 15.8 Å². The van der Waals surface area contributed by atoms with Gasteiger partial charge in [-0.05, 0) is 39.0 Å². The number of aliphatic hydroxyl groups excluding tert-OH is 2. The lowest BCUT2D eigenvalue weighted by molar-refractivity contribution is 0.0119. The van der Waals surface area contributed by atoms with Gasteiger partial charge >= 0.3 is 6.09 Å². The molecule has 0 aromatic heterocycles. The molecule has 1 aromatic carbocycles. The van der Waals surface area contributed by atoms with Crippen molar-refractivity contribution >= 4 is 11.8 Å². The first-order valence-electron chi connectivity index (χ1n) is 6.90. The number of nitrogens with one attached hydrogen (secondary N) is 1. The van der Waals surface area contributed by atoms with E-state index < -0.39 is 23.9 Å². The van der Waals surface area contributed by atoms with Crippen LogP contribution in [0.2, 0.25) is 0 Å². The Morgan fingerprint density at radius 2 is 2.00 bits per heavy atom. The Kier molecular flexibility index (Phi) is 6.01. The van der Waals surface area contributed by atoms with Crippen LogP contribution in [-0.2, 0) is 4.74 Å². The van der Waals surface area contributed by atoms with Crippen LogP contribution in [0.25, 0.3) is 0 Å². The Hall–Kier alpha value is -1.99. The maximum absolute atomic E-state index is 11.5. The largest absolute Gasteiger partial charge is 0.496 e. The summed E-state index contributed by atoms with van der Waals surface area (Å²) >= 11 is 0.